The van der Waals surface area contributed by atoms with Crippen LogP contribution in [-0.4, -0.2) is 44.8 Å². The number of carboxylic acid groups (broad SMARTS) is 1. The summed E-state index contributed by atoms with van der Waals surface area (Å²) in [7, 11) is 0. The molecule has 3 aromatic rings. The summed E-state index contributed by atoms with van der Waals surface area (Å²) < 4.78 is 1.79. The lowest BCUT2D eigenvalue weighted by Crippen LogP contribution is -2.40. The fraction of sp³-hybridized carbons (Fsp3) is 0.250. The van der Waals surface area contributed by atoms with E-state index in [0.717, 1.165) is 16.3 Å². The lowest BCUT2D eigenvalue weighted by atomic mass is 9.97. The molecule has 0 spiro atoms. The molecule has 0 bridgehead atoms. The molecule has 2 aromatic heterocycles. The van der Waals surface area contributed by atoms with Gasteiger partial charge in [0.15, 0.2) is 5.69 Å². The topological polar surface area (TPSA) is 75.4 Å². The SMILES string of the molecule is O=C(O)C1CCN(C(=O)c2cc(-c3cccs3)n(-c3ccccc3)n2)CC1. The van der Waals surface area contributed by atoms with E-state index in [1.54, 1.807) is 20.9 Å². The number of carbonyl (C=O) groups excluding carboxylic acids is 1. The molecule has 0 aliphatic carbocycles. The number of carbonyl (C=O) groups is 2. The Labute approximate surface area is 160 Å². The van der Waals surface area contributed by atoms with Crippen LogP contribution in [0.15, 0.2) is 53.9 Å². The molecule has 0 saturated carbocycles. The largest absolute Gasteiger partial charge is 0.481 e. The van der Waals surface area contributed by atoms with E-state index in [9.17, 15) is 9.59 Å². The second-order valence-corrected chi connectivity index (χ2v) is 7.49. The number of hydrogen-bond acceptors (Lipinski definition) is 4. The second kappa shape index (κ2) is 7.36. The molecule has 1 saturated heterocycles. The van der Waals surface area contributed by atoms with Crippen molar-refractivity contribution in [2.45, 2.75) is 12.8 Å². The highest BCUT2D eigenvalue weighted by Gasteiger charge is 2.29. The zero-order chi connectivity index (χ0) is 18.8. The smallest absolute Gasteiger partial charge is 0.306 e. The third kappa shape index (κ3) is 3.50. The number of carboxylic acids is 1. The van der Waals surface area contributed by atoms with E-state index in [1.165, 1.54) is 0 Å². The summed E-state index contributed by atoms with van der Waals surface area (Å²) in [6, 6.07) is 15.5. The Morgan fingerprint density at radius 3 is 2.44 bits per heavy atom. The highest BCUT2D eigenvalue weighted by molar-refractivity contribution is 7.13. The normalized spacial score (nSPS) is 15.0. The Bertz CT molecular complexity index is 942. The number of para-hydroxylation sites is 1. The van der Waals surface area contributed by atoms with Gasteiger partial charge in [-0.1, -0.05) is 24.3 Å². The minimum atomic E-state index is -0.782. The fourth-order valence-corrected chi connectivity index (χ4v) is 4.07. The van der Waals surface area contributed by atoms with E-state index in [2.05, 4.69) is 5.10 Å². The summed E-state index contributed by atoms with van der Waals surface area (Å²) >= 11 is 1.60. The molecule has 3 heterocycles. The zero-order valence-electron chi connectivity index (χ0n) is 14.6. The van der Waals surface area contributed by atoms with Crippen molar-refractivity contribution in [1.82, 2.24) is 14.7 Å². The van der Waals surface area contributed by atoms with Crippen LogP contribution in [0, 0.1) is 5.92 Å². The molecule has 6 nitrogen and oxygen atoms in total. The summed E-state index contributed by atoms with van der Waals surface area (Å²) in [5.74, 6) is -1.29. The van der Waals surface area contributed by atoms with E-state index in [1.807, 2.05) is 53.9 Å². The molecule has 27 heavy (non-hydrogen) atoms. The Morgan fingerprint density at radius 1 is 1.07 bits per heavy atom. The number of benzene rings is 1. The van der Waals surface area contributed by atoms with Crippen LogP contribution in [0.1, 0.15) is 23.3 Å². The average Bonchev–Trinajstić information content (AvgIpc) is 3.38. The monoisotopic (exact) mass is 381 g/mol. The number of piperidine rings is 1. The van der Waals surface area contributed by atoms with Crippen LogP contribution in [0.4, 0.5) is 0 Å². The lowest BCUT2D eigenvalue weighted by Gasteiger charge is -2.29. The number of rotatable bonds is 4. The summed E-state index contributed by atoms with van der Waals surface area (Å²) in [6.07, 6.45) is 0.969. The maximum Gasteiger partial charge on any atom is 0.306 e. The minimum absolute atomic E-state index is 0.147. The predicted molar refractivity (Wildman–Crippen MR) is 103 cm³/mol. The van der Waals surface area contributed by atoms with Crippen molar-refractivity contribution in [3.05, 3.63) is 59.6 Å². The fourth-order valence-electron chi connectivity index (χ4n) is 3.34. The van der Waals surface area contributed by atoms with Crippen molar-refractivity contribution in [3.63, 3.8) is 0 Å². The molecule has 138 valence electrons. The maximum absolute atomic E-state index is 12.9. The van der Waals surface area contributed by atoms with Gasteiger partial charge in [0.05, 0.1) is 22.2 Å². The van der Waals surface area contributed by atoms with Crippen LogP contribution < -0.4 is 0 Å². The standard InChI is InChI=1S/C20H19N3O3S/c24-19(22-10-8-14(9-11-22)20(25)26)16-13-17(18-7-4-12-27-18)23(21-16)15-5-2-1-3-6-15/h1-7,12-14H,8-11H2,(H,25,26). The van der Waals surface area contributed by atoms with Gasteiger partial charge >= 0.3 is 5.97 Å². The molecule has 1 fully saturated rings. The van der Waals surface area contributed by atoms with Gasteiger partial charge in [0.2, 0.25) is 0 Å². The van der Waals surface area contributed by atoms with Crippen molar-refractivity contribution < 1.29 is 14.7 Å². The molecule has 0 atom stereocenters. The van der Waals surface area contributed by atoms with E-state index >= 15 is 0 Å². The lowest BCUT2D eigenvalue weighted by molar-refractivity contribution is -0.143. The molecule has 1 aliphatic heterocycles. The molecule has 1 aliphatic rings. The first-order valence-corrected chi connectivity index (χ1v) is 9.73. The molecule has 1 amide bonds. The van der Waals surface area contributed by atoms with Gasteiger partial charge in [-0.2, -0.15) is 5.10 Å². The van der Waals surface area contributed by atoms with Crippen LogP contribution in [0.2, 0.25) is 0 Å². The molecule has 0 unspecified atom stereocenters. The van der Waals surface area contributed by atoms with Crippen molar-refractivity contribution >= 4 is 23.2 Å². The van der Waals surface area contributed by atoms with Crippen LogP contribution >= 0.6 is 11.3 Å². The number of aromatic nitrogens is 2. The second-order valence-electron chi connectivity index (χ2n) is 6.54. The van der Waals surface area contributed by atoms with Crippen LogP contribution in [0.25, 0.3) is 16.3 Å². The number of likely N-dealkylation sites (tertiary alicyclic amines) is 1. The van der Waals surface area contributed by atoms with Crippen molar-refractivity contribution in [1.29, 1.82) is 0 Å². The minimum Gasteiger partial charge on any atom is -0.481 e. The zero-order valence-corrected chi connectivity index (χ0v) is 15.4. The number of hydrogen-bond donors (Lipinski definition) is 1. The molecule has 4 rings (SSSR count). The van der Waals surface area contributed by atoms with E-state index in [-0.39, 0.29) is 11.8 Å². The predicted octanol–water partition coefficient (Wildman–Crippen LogP) is 3.54. The number of nitrogens with zero attached hydrogens (tertiary/aromatic N) is 3. The first-order chi connectivity index (χ1) is 13.1. The summed E-state index contributed by atoms with van der Waals surface area (Å²) in [5.41, 5.74) is 2.15. The van der Waals surface area contributed by atoms with Crippen LogP contribution in [0.3, 0.4) is 0 Å². The van der Waals surface area contributed by atoms with E-state index < -0.39 is 5.97 Å². The maximum atomic E-state index is 12.9. The molecular formula is C20H19N3O3S. The van der Waals surface area contributed by atoms with Gasteiger partial charge in [-0.3, -0.25) is 9.59 Å². The van der Waals surface area contributed by atoms with Gasteiger partial charge in [0.1, 0.15) is 0 Å². The molecule has 1 aromatic carbocycles. The highest BCUT2D eigenvalue weighted by Crippen LogP contribution is 2.29. The van der Waals surface area contributed by atoms with Gasteiger partial charge < -0.3 is 10.0 Å². The van der Waals surface area contributed by atoms with Crippen LogP contribution in [-0.2, 0) is 4.79 Å². The van der Waals surface area contributed by atoms with Gasteiger partial charge in [0.25, 0.3) is 5.91 Å². The summed E-state index contributed by atoms with van der Waals surface area (Å²) in [4.78, 5) is 26.8. The van der Waals surface area contributed by atoms with Crippen molar-refractivity contribution in [2.75, 3.05) is 13.1 Å². The van der Waals surface area contributed by atoms with Crippen LogP contribution in [0.5, 0.6) is 0 Å². The van der Waals surface area contributed by atoms with E-state index in [4.69, 9.17) is 5.11 Å². The van der Waals surface area contributed by atoms with Gasteiger partial charge in [0, 0.05) is 13.1 Å². The number of amides is 1. The third-order valence-corrected chi connectivity index (χ3v) is 5.73. The average molecular weight is 381 g/mol. The van der Waals surface area contributed by atoms with Gasteiger partial charge in [-0.05, 0) is 42.5 Å². The Morgan fingerprint density at radius 2 is 1.81 bits per heavy atom. The molecular weight excluding hydrogens is 362 g/mol. The number of aliphatic carboxylic acids is 1. The third-order valence-electron chi connectivity index (χ3n) is 4.83. The van der Waals surface area contributed by atoms with E-state index in [0.29, 0.717) is 31.6 Å². The first-order valence-electron chi connectivity index (χ1n) is 8.85. The summed E-state index contributed by atoms with van der Waals surface area (Å²) in [6.45, 7) is 0.894. The van der Waals surface area contributed by atoms with Crippen molar-refractivity contribution in [2.24, 2.45) is 5.92 Å². The molecule has 7 heteroatoms. The molecule has 0 radical (unpaired) electrons. The highest BCUT2D eigenvalue weighted by atomic mass is 32.1. The quantitative estimate of drug-likeness (QED) is 0.750. The Kier molecular flexibility index (Phi) is 4.77. The Hall–Kier alpha value is -2.93. The van der Waals surface area contributed by atoms with Crippen molar-refractivity contribution in [3.8, 4) is 16.3 Å². The first kappa shape index (κ1) is 17.5. The number of thiophene rings is 1. The van der Waals surface area contributed by atoms with Gasteiger partial charge in [-0.15, -0.1) is 11.3 Å². The summed E-state index contributed by atoms with van der Waals surface area (Å²) in [5, 5.41) is 15.7. The van der Waals surface area contributed by atoms with Gasteiger partial charge in [-0.25, -0.2) is 4.68 Å². The molecule has 1 N–H and O–H groups in total. The Balaban J connectivity index is 1.64.